The van der Waals surface area contributed by atoms with Crippen molar-refractivity contribution in [1.29, 1.82) is 0 Å². The first-order valence-electron chi connectivity index (χ1n) is 11.1. The van der Waals surface area contributed by atoms with Crippen molar-refractivity contribution in [2.45, 2.75) is 89.7 Å². The van der Waals surface area contributed by atoms with Crippen molar-refractivity contribution >= 4 is 11.9 Å². The Morgan fingerprint density at radius 2 is 1.45 bits per heavy atom. The largest absolute Gasteiger partial charge is 0.477 e. The number of ether oxygens (including phenoxy) is 2. The first kappa shape index (κ1) is 27.8. The number of aliphatic hydroxyl groups excluding tert-OH is 1. The standard InChI is InChI=1S/C22H43NO6/c1-5-6-7-8-9-10-11-12-13-14-21(25)29-18-19(24)17-28-16-15-20(22(26)27)23(2,3)4/h19-20,24H,5-18H2,1-4H3/p+1. The first-order valence-corrected chi connectivity index (χ1v) is 11.1. The van der Waals surface area contributed by atoms with E-state index in [9.17, 15) is 19.8 Å². The van der Waals surface area contributed by atoms with Gasteiger partial charge < -0.3 is 24.2 Å². The van der Waals surface area contributed by atoms with Crippen LogP contribution in [0.4, 0.5) is 0 Å². The molecule has 0 rings (SSSR count). The van der Waals surface area contributed by atoms with Crippen LogP contribution in [0.3, 0.4) is 0 Å². The molecule has 172 valence electrons. The van der Waals surface area contributed by atoms with Gasteiger partial charge in [-0.15, -0.1) is 0 Å². The van der Waals surface area contributed by atoms with Crippen LogP contribution in [0, 0.1) is 0 Å². The average molecular weight is 419 g/mol. The van der Waals surface area contributed by atoms with Crippen LogP contribution in [0.1, 0.15) is 77.6 Å². The number of hydrogen-bond acceptors (Lipinski definition) is 5. The lowest BCUT2D eigenvalue weighted by Crippen LogP contribution is -2.50. The predicted octanol–water partition coefficient (Wildman–Crippen LogP) is 3.38. The molecule has 29 heavy (non-hydrogen) atoms. The van der Waals surface area contributed by atoms with Gasteiger partial charge >= 0.3 is 11.9 Å². The van der Waals surface area contributed by atoms with Gasteiger partial charge in [0.05, 0.1) is 34.4 Å². The summed E-state index contributed by atoms with van der Waals surface area (Å²) < 4.78 is 10.7. The molecule has 0 aliphatic rings. The number of carbonyl (C=O) groups excluding carboxylic acids is 1. The molecular formula is C22H44NO6+. The summed E-state index contributed by atoms with van der Waals surface area (Å²) in [6.45, 7) is 2.38. The molecule has 0 fully saturated rings. The Hall–Kier alpha value is -1.18. The minimum atomic E-state index is -0.894. The van der Waals surface area contributed by atoms with Crippen LogP contribution < -0.4 is 0 Å². The number of carboxylic acids is 1. The number of rotatable bonds is 19. The highest BCUT2D eigenvalue weighted by Crippen LogP contribution is 2.11. The third-order valence-electron chi connectivity index (χ3n) is 4.99. The third-order valence-corrected chi connectivity index (χ3v) is 4.99. The van der Waals surface area contributed by atoms with Crippen LogP contribution in [0.2, 0.25) is 0 Å². The van der Waals surface area contributed by atoms with Crippen molar-refractivity contribution in [3.8, 4) is 0 Å². The van der Waals surface area contributed by atoms with E-state index in [1.165, 1.54) is 38.5 Å². The maximum atomic E-state index is 11.7. The monoisotopic (exact) mass is 418 g/mol. The van der Waals surface area contributed by atoms with Crippen molar-refractivity contribution in [2.24, 2.45) is 0 Å². The molecule has 2 atom stereocenters. The van der Waals surface area contributed by atoms with Crippen molar-refractivity contribution in [3.05, 3.63) is 0 Å². The van der Waals surface area contributed by atoms with Gasteiger partial charge in [0.25, 0.3) is 0 Å². The van der Waals surface area contributed by atoms with Crippen molar-refractivity contribution in [2.75, 3.05) is 41.0 Å². The maximum Gasteiger partial charge on any atom is 0.362 e. The molecular weight excluding hydrogens is 374 g/mol. The van der Waals surface area contributed by atoms with Crippen LogP contribution in [0.15, 0.2) is 0 Å². The summed E-state index contributed by atoms with van der Waals surface area (Å²) in [7, 11) is 5.46. The number of nitrogens with zero attached hydrogens (tertiary/aromatic N) is 1. The number of hydrogen-bond donors (Lipinski definition) is 2. The average Bonchev–Trinajstić information content (AvgIpc) is 2.63. The van der Waals surface area contributed by atoms with Crippen LogP contribution >= 0.6 is 0 Å². The molecule has 2 unspecified atom stereocenters. The lowest BCUT2D eigenvalue weighted by molar-refractivity contribution is -0.887. The number of carbonyl (C=O) groups is 2. The molecule has 0 saturated heterocycles. The molecule has 2 N–H and O–H groups in total. The highest BCUT2D eigenvalue weighted by Gasteiger charge is 2.30. The van der Waals surface area contributed by atoms with Gasteiger partial charge in [0.1, 0.15) is 12.7 Å². The zero-order chi connectivity index (χ0) is 22.1. The highest BCUT2D eigenvalue weighted by atomic mass is 16.5. The molecule has 0 radical (unpaired) electrons. The predicted molar refractivity (Wildman–Crippen MR) is 114 cm³/mol. The minimum absolute atomic E-state index is 0.0226. The number of unbranched alkanes of at least 4 members (excludes halogenated alkanes) is 8. The number of aliphatic carboxylic acids is 1. The van der Waals surface area contributed by atoms with Gasteiger partial charge in [-0.25, -0.2) is 4.79 Å². The Balaban J connectivity index is 3.65. The van der Waals surface area contributed by atoms with Crippen LogP contribution in [0.25, 0.3) is 0 Å². The maximum absolute atomic E-state index is 11.7. The molecule has 0 spiro atoms. The van der Waals surface area contributed by atoms with Gasteiger partial charge in [-0.2, -0.15) is 0 Å². The molecule has 0 aromatic carbocycles. The normalized spacial score (nSPS) is 13.8. The summed E-state index contributed by atoms with van der Waals surface area (Å²) >= 11 is 0. The van der Waals surface area contributed by atoms with E-state index in [-0.39, 0.29) is 25.8 Å². The topological polar surface area (TPSA) is 93.1 Å². The van der Waals surface area contributed by atoms with E-state index in [0.717, 1.165) is 19.3 Å². The summed E-state index contributed by atoms with van der Waals surface area (Å²) in [5, 5.41) is 19.1. The van der Waals surface area contributed by atoms with Gasteiger partial charge in [-0.3, -0.25) is 4.79 Å². The summed E-state index contributed by atoms with van der Waals surface area (Å²) in [4.78, 5) is 23.0. The summed E-state index contributed by atoms with van der Waals surface area (Å²) in [5.41, 5.74) is 0. The second kappa shape index (κ2) is 16.6. The molecule has 0 heterocycles. The zero-order valence-corrected chi connectivity index (χ0v) is 19.0. The number of esters is 1. The van der Waals surface area contributed by atoms with E-state index in [1.807, 2.05) is 21.1 Å². The molecule has 0 saturated carbocycles. The van der Waals surface area contributed by atoms with Crippen LogP contribution in [-0.4, -0.2) is 79.7 Å². The number of likely N-dealkylation sites (N-methyl/N-ethyl adjacent to an activating group) is 1. The molecule has 0 aromatic heterocycles. The number of quaternary nitrogens is 1. The molecule has 0 amide bonds. The van der Waals surface area contributed by atoms with Crippen molar-refractivity contribution < 1.29 is 33.8 Å². The lowest BCUT2D eigenvalue weighted by atomic mass is 10.1. The zero-order valence-electron chi connectivity index (χ0n) is 19.0. The Morgan fingerprint density at radius 1 is 0.897 bits per heavy atom. The highest BCUT2D eigenvalue weighted by molar-refractivity contribution is 5.72. The van der Waals surface area contributed by atoms with Gasteiger partial charge in [0.2, 0.25) is 0 Å². The number of aliphatic hydroxyl groups is 1. The van der Waals surface area contributed by atoms with E-state index in [0.29, 0.717) is 17.3 Å². The SMILES string of the molecule is CCCCCCCCCCCC(=O)OCC(O)COCCC(C(=O)O)[N+](C)(C)C. The molecule has 0 aliphatic heterocycles. The quantitative estimate of drug-likeness (QED) is 0.190. The van der Waals surface area contributed by atoms with E-state index >= 15 is 0 Å². The van der Waals surface area contributed by atoms with Gasteiger partial charge in [0.15, 0.2) is 6.04 Å². The van der Waals surface area contributed by atoms with Crippen LogP contribution in [0.5, 0.6) is 0 Å². The lowest BCUT2D eigenvalue weighted by Gasteiger charge is -2.31. The summed E-state index contributed by atoms with van der Waals surface area (Å²) in [6.07, 6.45) is 10.6. The second-order valence-corrected chi connectivity index (χ2v) is 8.75. The van der Waals surface area contributed by atoms with Gasteiger partial charge in [-0.1, -0.05) is 58.3 Å². The minimum Gasteiger partial charge on any atom is -0.477 e. The first-order chi connectivity index (χ1) is 13.7. The number of carboxylic acid groups (broad SMARTS) is 1. The Bertz CT molecular complexity index is 436. The molecule has 7 nitrogen and oxygen atoms in total. The van der Waals surface area contributed by atoms with E-state index in [1.54, 1.807) is 0 Å². The molecule has 0 aromatic rings. The molecule has 0 bridgehead atoms. The van der Waals surface area contributed by atoms with E-state index in [2.05, 4.69) is 6.92 Å². The summed E-state index contributed by atoms with van der Waals surface area (Å²) in [5.74, 6) is -1.16. The fourth-order valence-corrected chi connectivity index (χ4v) is 3.15. The Morgan fingerprint density at radius 3 is 1.97 bits per heavy atom. The van der Waals surface area contributed by atoms with Gasteiger partial charge in [-0.05, 0) is 6.42 Å². The fraction of sp³-hybridized carbons (Fsp3) is 0.909. The van der Waals surface area contributed by atoms with Crippen LogP contribution in [-0.2, 0) is 19.1 Å². The molecule has 0 aliphatic carbocycles. The van der Waals surface area contributed by atoms with Gasteiger partial charge in [0, 0.05) is 12.8 Å². The fourth-order valence-electron chi connectivity index (χ4n) is 3.15. The van der Waals surface area contributed by atoms with Crippen molar-refractivity contribution in [3.63, 3.8) is 0 Å². The Labute approximate surface area is 177 Å². The second-order valence-electron chi connectivity index (χ2n) is 8.75. The van der Waals surface area contributed by atoms with E-state index < -0.39 is 18.1 Å². The van der Waals surface area contributed by atoms with Crippen molar-refractivity contribution in [1.82, 2.24) is 0 Å². The third kappa shape index (κ3) is 16.3. The van der Waals surface area contributed by atoms with E-state index in [4.69, 9.17) is 9.47 Å². The Kier molecular flexibility index (Phi) is 15.9. The molecule has 7 heteroatoms. The summed E-state index contributed by atoms with van der Waals surface area (Å²) in [6, 6.07) is -0.568. The smallest absolute Gasteiger partial charge is 0.362 e.